The van der Waals surface area contributed by atoms with Crippen molar-refractivity contribution in [2.75, 3.05) is 5.32 Å². The minimum Gasteiger partial charge on any atom is -0.423 e. The van der Waals surface area contributed by atoms with Crippen molar-refractivity contribution in [1.29, 1.82) is 0 Å². The predicted molar refractivity (Wildman–Crippen MR) is 74.2 cm³/mol. The second-order valence-electron chi connectivity index (χ2n) is 3.75. The van der Waals surface area contributed by atoms with Crippen LogP contribution in [0.15, 0.2) is 41.3 Å². The molecule has 0 saturated heterocycles. The molecule has 0 spiro atoms. The van der Waals surface area contributed by atoms with Crippen LogP contribution in [-0.4, -0.2) is 15.2 Å². The van der Waals surface area contributed by atoms with Crippen molar-refractivity contribution in [3.63, 3.8) is 0 Å². The predicted octanol–water partition coefficient (Wildman–Crippen LogP) is 3.46. The molecule has 2 heterocycles. The summed E-state index contributed by atoms with van der Waals surface area (Å²) in [6.45, 7) is 0.699. The van der Waals surface area contributed by atoms with Gasteiger partial charge in [-0.1, -0.05) is 11.6 Å². The van der Waals surface area contributed by atoms with Crippen LogP contribution in [0.2, 0.25) is 4.47 Å². The summed E-state index contributed by atoms with van der Waals surface area (Å²) in [5.74, 6) is 0.515. The fourth-order valence-electron chi connectivity index (χ4n) is 1.58. The summed E-state index contributed by atoms with van der Waals surface area (Å²) in [4.78, 5) is 5.08. The van der Waals surface area contributed by atoms with E-state index in [1.807, 2.05) is 24.3 Å². The highest BCUT2D eigenvalue weighted by molar-refractivity contribution is 7.15. The zero-order valence-corrected chi connectivity index (χ0v) is 11.3. The van der Waals surface area contributed by atoms with E-state index in [4.69, 9.17) is 16.0 Å². The van der Waals surface area contributed by atoms with Gasteiger partial charge in [0.25, 0.3) is 0 Å². The Balaban J connectivity index is 1.66. The van der Waals surface area contributed by atoms with Crippen LogP contribution in [0.1, 0.15) is 4.88 Å². The molecule has 0 aliphatic heterocycles. The standard InChI is InChI=1S/C12H9ClN4OS/c13-12-15-6-10(19-12)5-14-9-3-1-8(2-4-9)11-17-16-7-18-11/h1-4,6-7,14H,5H2. The van der Waals surface area contributed by atoms with Gasteiger partial charge >= 0.3 is 0 Å². The summed E-state index contributed by atoms with van der Waals surface area (Å²) in [6.07, 6.45) is 3.09. The fraction of sp³-hybridized carbons (Fsp3) is 0.0833. The second-order valence-corrected chi connectivity index (χ2v) is 5.45. The Morgan fingerprint density at radius 1 is 1.26 bits per heavy atom. The SMILES string of the molecule is Clc1ncc(CNc2ccc(-c3nnco3)cc2)s1. The number of aromatic nitrogens is 3. The van der Waals surface area contributed by atoms with Gasteiger partial charge in [-0.15, -0.1) is 21.5 Å². The van der Waals surface area contributed by atoms with Crippen molar-refractivity contribution < 1.29 is 4.42 Å². The highest BCUT2D eigenvalue weighted by Crippen LogP contribution is 2.21. The molecule has 2 aromatic heterocycles. The number of benzene rings is 1. The lowest BCUT2D eigenvalue weighted by atomic mass is 10.2. The molecule has 19 heavy (non-hydrogen) atoms. The third-order valence-electron chi connectivity index (χ3n) is 2.48. The first-order valence-corrected chi connectivity index (χ1v) is 6.71. The average Bonchev–Trinajstić information content (AvgIpc) is 3.08. The number of halogens is 1. The molecule has 5 nitrogen and oxygen atoms in total. The molecule has 1 N–H and O–H groups in total. The number of hydrogen-bond donors (Lipinski definition) is 1. The van der Waals surface area contributed by atoms with E-state index in [1.54, 1.807) is 6.20 Å². The van der Waals surface area contributed by atoms with Crippen LogP contribution < -0.4 is 5.32 Å². The van der Waals surface area contributed by atoms with Crippen molar-refractivity contribution in [2.24, 2.45) is 0 Å². The monoisotopic (exact) mass is 292 g/mol. The molecule has 7 heteroatoms. The van der Waals surface area contributed by atoms with Crippen LogP contribution in [0.3, 0.4) is 0 Å². The Bertz CT molecular complexity index is 651. The molecule has 0 radical (unpaired) electrons. The Hall–Kier alpha value is -1.92. The normalized spacial score (nSPS) is 10.6. The number of anilines is 1. The second kappa shape index (κ2) is 5.38. The van der Waals surface area contributed by atoms with E-state index in [-0.39, 0.29) is 0 Å². The van der Waals surface area contributed by atoms with E-state index in [1.165, 1.54) is 17.7 Å². The third-order valence-corrected chi connectivity index (χ3v) is 3.60. The summed E-state index contributed by atoms with van der Waals surface area (Å²) < 4.78 is 5.69. The molecule has 0 bridgehead atoms. The molecule has 0 aliphatic rings. The van der Waals surface area contributed by atoms with Crippen LogP contribution in [-0.2, 0) is 6.54 Å². The number of rotatable bonds is 4. The summed E-state index contributed by atoms with van der Waals surface area (Å²) in [7, 11) is 0. The molecule has 0 aliphatic carbocycles. The summed E-state index contributed by atoms with van der Waals surface area (Å²) >= 11 is 7.24. The van der Waals surface area contributed by atoms with E-state index in [0.717, 1.165) is 16.1 Å². The number of hydrogen-bond acceptors (Lipinski definition) is 6. The smallest absolute Gasteiger partial charge is 0.247 e. The maximum absolute atomic E-state index is 5.78. The van der Waals surface area contributed by atoms with Crippen molar-refractivity contribution >= 4 is 28.6 Å². The van der Waals surface area contributed by atoms with Gasteiger partial charge < -0.3 is 9.73 Å². The van der Waals surface area contributed by atoms with E-state index in [2.05, 4.69) is 20.5 Å². The maximum atomic E-state index is 5.78. The van der Waals surface area contributed by atoms with E-state index < -0.39 is 0 Å². The molecule has 96 valence electrons. The molecule has 0 amide bonds. The van der Waals surface area contributed by atoms with Crippen molar-refractivity contribution in [1.82, 2.24) is 15.2 Å². The van der Waals surface area contributed by atoms with Crippen LogP contribution in [0.5, 0.6) is 0 Å². The Morgan fingerprint density at radius 3 is 2.74 bits per heavy atom. The maximum Gasteiger partial charge on any atom is 0.247 e. The van der Waals surface area contributed by atoms with Crippen molar-refractivity contribution in [2.45, 2.75) is 6.54 Å². The first-order chi connectivity index (χ1) is 9.31. The van der Waals surface area contributed by atoms with Gasteiger partial charge in [-0.3, -0.25) is 0 Å². The highest BCUT2D eigenvalue weighted by atomic mass is 35.5. The lowest BCUT2D eigenvalue weighted by molar-refractivity contribution is 0.568. The summed E-state index contributed by atoms with van der Waals surface area (Å²) in [6, 6.07) is 7.77. The summed E-state index contributed by atoms with van der Waals surface area (Å²) in [5, 5.41) is 10.8. The molecular weight excluding hydrogens is 284 g/mol. The van der Waals surface area contributed by atoms with Gasteiger partial charge in [-0.25, -0.2) is 4.98 Å². The molecular formula is C12H9ClN4OS. The van der Waals surface area contributed by atoms with Crippen LogP contribution in [0, 0.1) is 0 Å². The fourth-order valence-corrected chi connectivity index (χ4v) is 2.50. The Labute approximate surface area is 118 Å². The Kier molecular flexibility index (Phi) is 3.43. The topological polar surface area (TPSA) is 63.8 Å². The molecule has 3 aromatic rings. The van der Waals surface area contributed by atoms with E-state index >= 15 is 0 Å². The minimum absolute atomic E-state index is 0.515. The molecule has 0 unspecified atom stereocenters. The van der Waals surface area contributed by atoms with Gasteiger partial charge in [-0.05, 0) is 24.3 Å². The zero-order valence-electron chi connectivity index (χ0n) is 9.71. The largest absolute Gasteiger partial charge is 0.423 e. The quantitative estimate of drug-likeness (QED) is 0.798. The lowest BCUT2D eigenvalue weighted by Crippen LogP contribution is -1.96. The van der Waals surface area contributed by atoms with Gasteiger partial charge in [0, 0.05) is 22.3 Å². The van der Waals surface area contributed by atoms with Gasteiger partial charge in [-0.2, -0.15) is 0 Å². The number of thiazole rings is 1. The van der Waals surface area contributed by atoms with Crippen LogP contribution in [0.4, 0.5) is 5.69 Å². The molecule has 3 rings (SSSR count). The molecule has 0 atom stereocenters. The highest BCUT2D eigenvalue weighted by Gasteiger charge is 2.03. The molecule has 0 saturated carbocycles. The van der Waals surface area contributed by atoms with Gasteiger partial charge in [0.15, 0.2) is 4.47 Å². The third kappa shape index (κ3) is 2.91. The van der Waals surface area contributed by atoms with Gasteiger partial charge in [0.05, 0.1) is 6.54 Å². The van der Waals surface area contributed by atoms with Crippen LogP contribution >= 0.6 is 22.9 Å². The van der Waals surface area contributed by atoms with E-state index in [9.17, 15) is 0 Å². The lowest BCUT2D eigenvalue weighted by Gasteiger charge is -2.04. The van der Waals surface area contributed by atoms with Gasteiger partial charge in [0.2, 0.25) is 12.3 Å². The number of nitrogens with one attached hydrogen (secondary N) is 1. The van der Waals surface area contributed by atoms with Gasteiger partial charge in [0.1, 0.15) is 0 Å². The van der Waals surface area contributed by atoms with Crippen LogP contribution in [0.25, 0.3) is 11.5 Å². The Morgan fingerprint density at radius 2 is 2.11 bits per heavy atom. The first-order valence-electron chi connectivity index (χ1n) is 5.52. The minimum atomic E-state index is 0.515. The van der Waals surface area contributed by atoms with Crippen molar-refractivity contribution in [3.8, 4) is 11.5 Å². The zero-order chi connectivity index (χ0) is 13.1. The summed E-state index contributed by atoms with van der Waals surface area (Å²) in [5.41, 5.74) is 1.90. The van der Waals surface area contributed by atoms with E-state index in [0.29, 0.717) is 16.9 Å². The first kappa shape index (κ1) is 12.1. The average molecular weight is 293 g/mol. The molecule has 1 aromatic carbocycles. The van der Waals surface area contributed by atoms with Crippen molar-refractivity contribution in [3.05, 3.63) is 46.2 Å². The molecule has 0 fully saturated rings. The number of nitrogens with zero attached hydrogens (tertiary/aromatic N) is 3.